The molecule has 30 heavy (non-hydrogen) atoms. The molecule has 1 aromatic heterocycles. The minimum absolute atomic E-state index is 0.00199. The van der Waals surface area contributed by atoms with Crippen LogP contribution in [0.4, 0.5) is 4.39 Å². The Labute approximate surface area is 175 Å². The molecule has 2 aromatic carbocycles. The fourth-order valence-corrected chi connectivity index (χ4v) is 2.86. The van der Waals surface area contributed by atoms with Crippen LogP contribution in [0, 0.1) is 12.7 Å². The van der Waals surface area contributed by atoms with Gasteiger partial charge in [-0.1, -0.05) is 36.4 Å². The summed E-state index contributed by atoms with van der Waals surface area (Å²) in [5.74, 6) is 0.821. The van der Waals surface area contributed by atoms with E-state index < -0.39 is 0 Å². The van der Waals surface area contributed by atoms with Crippen LogP contribution in [0.1, 0.15) is 29.3 Å². The van der Waals surface area contributed by atoms with Gasteiger partial charge in [-0.2, -0.15) is 0 Å². The van der Waals surface area contributed by atoms with Crippen LogP contribution in [0.3, 0.4) is 0 Å². The standard InChI is InChI=1S/C23H24FN3O3/c1-3-29-21-11-7-5-8-17(21)14-25-22(27-28)19-13-12-16(2)26-23(19)30-15-18-9-4-6-10-20(18)24/h4-13,28H,3,14-15H2,1-2H3,(H,25,27). The minimum atomic E-state index is -0.353. The van der Waals surface area contributed by atoms with Crippen LogP contribution >= 0.6 is 0 Å². The summed E-state index contributed by atoms with van der Waals surface area (Å²) >= 11 is 0. The highest BCUT2D eigenvalue weighted by Crippen LogP contribution is 2.22. The number of benzene rings is 2. The van der Waals surface area contributed by atoms with Crippen LogP contribution < -0.4 is 15.0 Å². The van der Waals surface area contributed by atoms with Crippen molar-refractivity contribution in [2.45, 2.75) is 27.0 Å². The number of para-hydroxylation sites is 1. The summed E-state index contributed by atoms with van der Waals surface area (Å²) in [5.41, 5.74) is 4.60. The Kier molecular flexibility index (Phi) is 7.34. The second-order valence-corrected chi connectivity index (χ2v) is 6.50. The van der Waals surface area contributed by atoms with E-state index in [4.69, 9.17) is 9.47 Å². The number of aromatic nitrogens is 1. The highest BCUT2D eigenvalue weighted by atomic mass is 19.1. The summed E-state index contributed by atoms with van der Waals surface area (Å²) in [6.07, 6.45) is 0. The number of halogens is 1. The van der Waals surface area contributed by atoms with E-state index in [9.17, 15) is 9.60 Å². The fourth-order valence-electron chi connectivity index (χ4n) is 2.86. The molecule has 0 unspecified atom stereocenters. The van der Waals surface area contributed by atoms with E-state index >= 15 is 0 Å². The highest BCUT2D eigenvalue weighted by Gasteiger charge is 2.14. The molecule has 2 N–H and O–H groups in total. The molecule has 156 valence electrons. The second kappa shape index (κ2) is 10.4. The molecule has 0 aliphatic rings. The molecule has 0 saturated carbocycles. The second-order valence-electron chi connectivity index (χ2n) is 6.50. The van der Waals surface area contributed by atoms with Gasteiger partial charge in [0.25, 0.3) is 0 Å². The Hall–Kier alpha value is -3.45. The lowest BCUT2D eigenvalue weighted by Gasteiger charge is -2.13. The predicted octanol–water partition coefficient (Wildman–Crippen LogP) is 4.43. The number of hydroxylamine groups is 1. The molecule has 1 heterocycles. The summed E-state index contributed by atoms with van der Waals surface area (Å²) in [6.45, 7) is 4.56. The number of aryl methyl sites for hydroxylation is 1. The van der Waals surface area contributed by atoms with E-state index in [1.54, 1.807) is 30.3 Å². The van der Waals surface area contributed by atoms with Crippen molar-refractivity contribution in [2.24, 2.45) is 4.99 Å². The van der Waals surface area contributed by atoms with Gasteiger partial charge >= 0.3 is 0 Å². The molecule has 0 aliphatic carbocycles. The van der Waals surface area contributed by atoms with Crippen LogP contribution in [0.2, 0.25) is 0 Å². The number of ether oxygens (including phenoxy) is 2. The molecule has 0 amide bonds. The summed E-state index contributed by atoms with van der Waals surface area (Å²) in [5, 5.41) is 9.70. The number of pyridine rings is 1. The van der Waals surface area contributed by atoms with Gasteiger partial charge in [-0.15, -0.1) is 0 Å². The van der Waals surface area contributed by atoms with Crippen molar-refractivity contribution in [3.8, 4) is 11.6 Å². The van der Waals surface area contributed by atoms with Crippen molar-refractivity contribution in [2.75, 3.05) is 6.61 Å². The van der Waals surface area contributed by atoms with Gasteiger partial charge in [0.1, 0.15) is 18.2 Å². The number of nitrogens with one attached hydrogen (secondary N) is 1. The summed E-state index contributed by atoms with van der Waals surface area (Å²) < 4.78 is 25.3. The first-order valence-corrected chi connectivity index (χ1v) is 9.61. The monoisotopic (exact) mass is 409 g/mol. The third-order valence-electron chi connectivity index (χ3n) is 4.36. The topological polar surface area (TPSA) is 76.0 Å². The molecule has 0 saturated heterocycles. The number of aliphatic imine (C=N–C) groups is 1. The maximum atomic E-state index is 13.9. The first-order chi connectivity index (χ1) is 14.6. The van der Waals surface area contributed by atoms with Gasteiger partial charge in [-0.3, -0.25) is 15.7 Å². The van der Waals surface area contributed by atoms with E-state index in [2.05, 4.69) is 15.5 Å². The first-order valence-electron chi connectivity index (χ1n) is 9.61. The number of hydrogen-bond donors (Lipinski definition) is 2. The van der Waals surface area contributed by atoms with Crippen LogP contribution in [-0.2, 0) is 13.2 Å². The van der Waals surface area contributed by atoms with E-state index in [-0.39, 0.29) is 30.7 Å². The maximum absolute atomic E-state index is 13.9. The summed E-state index contributed by atoms with van der Waals surface area (Å²) in [7, 11) is 0. The molecular weight excluding hydrogens is 385 g/mol. The van der Waals surface area contributed by atoms with Gasteiger partial charge in [0.05, 0.1) is 18.7 Å². The molecule has 6 nitrogen and oxygen atoms in total. The molecule has 0 radical (unpaired) electrons. The van der Waals surface area contributed by atoms with E-state index in [0.717, 1.165) is 17.0 Å². The number of rotatable bonds is 8. The maximum Gasteiger partial charge on any atom is 0.225 e. The number of amidine groups is 1. The van der Waals surface area contributed by atoms with Gasteiger partial charge in [0, 0.05) is 16.8 Å². The first kappa shape index (κ1) is 21.3. The molecule has 0 bridgehead atoms. The number of hydrogen-bond acceptors (Lipinski definition) is 5. The zero-order valence-corrected chi connectivity index (χ0v) is 16.9. The van der Waals surface area contributed by atoms with Crippen LogP contribution in [0.5, 0.6) is 11.6 Å². The van der Waals surface area contributed by atoms with Gasteiger partial charge < -0.3 is 9.47 Å². The number of nitrogens with zero attached hydrogens (tertiary/aromatic N) is 2. The van der Waals surface area contributed by atoms with Crippen LogP contribution in [-0.4, -0.2) is 22.6 Å². The molecule has 0 spiro atoms. The quantitative estimate of drug-likeness (QED) is 0.327. The van der Waals surface area contributed by atoms with Gasteiger partial charge in [0.2, 0.25) is 5.88 Å². The zero-order chi connectivity index (χ0) is 21.3. The Morgan fingerprint density at radius 1 is 1.03 bits per heavy atom. The van der Waals surface area contributed by atoms with E-state index in [1.165, 1.54) is 6.07 Å². The van der Waals surface area contributed by atoms with E-state index in [1.807, 2.05) is 38.1 Å². The Balaban J connectivity index is 1.85. The van der Waals surface area contributed by atoms with E-state index in [0.29, 0.717) is 17.7 Å². The van der Waals surface area contributed by atoms with Gasteiger partial charge in [-0.05, 0) is 38.1 Å². The van der Waals surface area contributed by atoms with Gasteiger partial charge in [-0.25, -0.2) is 9.37 Å². The summed E-state index contributed by atoms with van der Waals surface area (Å²) in [6, 6.07) is 17.5. The molecule has 3 aromatic rings. The van der Waals surface area contributed by atoms with Crippen molar-refractivity contribution in [1.29, 1.82) is 0 Å². The SMILES string of the molecule is CCOc1ccccc1CN=C(NO)c1ccc(C)nc1OCc1ccccc1F. The average Bonchev–Trinajstić information content (AvgIpc) is 2.76. The predicted molar refractivity (Wildman–Crippen MR) is 112 cm³/mol. The Morgan fingerprint density at radius 2 is 1.77 bits per heavy atom. The zero-order valence-electron chi connectivity index (χ0n) is 16.9. The largest absolute Gasteiger partial charge is 0.494 e. The summed E-state index contributed by atoms with van der Waals surface area (Å²) in [4.78, 5) is 8.86. The van der Waals surface area contributed by atoms with Crippen LogP contribution in [0.15, 0.2) is 65.7 Å². The van der Waals surface area contributed by atoms with Crippen LogP contribution in [0.25, 0.3) is 0 Å². The third-order valence-corrected chi connectivity index (χ3v) is 4.36. The fraction of sp³-hybridized carbons (Fsp3) is 0.217. The van der Waals surface area contributed by atoms with Crippen molar-refractivity contribution < 1.29 is 19.1 Å². The molecule has 0 fully saturated rings. The van der Waals surface area contributed by atoms with Crippen molar-refractivity contribution in [3.63, 3.8) is 0 Å². The van der Waals surface area contributed by atoms with Gasteiger partial charge in [0.15, 0.2) is 5.84 Å². The Morgan fingerprint density at radius 3 is 2.50 bits per heavy atom. The molecule has 0 aliphatic heterocycles. The van der Waals surface area contributed by atoms with Crippen molar-refractivity contribution in [3.05, 3.63) is 88.9 Å². The smallest absolute Gasteiger partial charge is 0.225 e. The molecule has 0 atom stereocenters. The lowest BCUT2D eigenvalue weighted by Crippen LogP contribution is -2.22. The molecule has 3 rings (SSSR count). The van der Waals surface area contributed by atoms with Crippen molar-refractivity contribution in [1.82, 2.24) is 10.5 Å². The Bertz CT molecular complexity index is 1020. The molecule has 7 heteroatoms. The lowest BCUT2D eigenvalue weighted by atomic mass is 10.2. The minimum Gasteiger partial charge on any atom is -0.494 e. The average molecular weight is 409 g/mol. The normalized spacial score (nSPS) is 11.3. The highest BCUT2D eigenvalue weighted by molar-refractivity contribution is 6.00. The molecular formula is C23H24FN3O3. The van der Waals surface area contributed by atoms with Crippen molar-refractivity contribution >= 4 is 5.84 Å². The third kappa shape index (κ3) is 5.33. The lowest BCUT2D eigenvalue weighted by molar-refractivity contribution is 0.233.